The van der Waals surface area contributed by atoms with Gasteiger partial charge in [-0.25, -0.2) is 23.5 Å². The highest BCUT2D eigenvalue weighted by atomic mass is 32.1. The normalized spacial score (nSPS) is 21.0. The molecule has 9 nitrogen and oxygen atoms in total. The molecule has 0 radical (unpaired) electrons. The van der Waals surface area contributed by atoms with Crippen molar-refractivity contribution in [1.29, 1.82) is 0 Å². The number of alkyl halides is 2. The number of hydrogen-bond acceptors (Lipinski definition) is 8. The molecule has 40 heavy (non-hydrogen) atoms. The van der Waals surface area contributed by atoms with E-state index in [0.29, 0.717) is 35.6 Å². The van der Waals surface area contributed by atoms with E-state index in [4.69, 9.17) is 15.5 Å². The SMILES string of the molecule is Cc1ccc2c(N)c(C(=O)N[C@H]3CCc4nc(N5C[C@@H](NC(=O)OC(C)(C)C)[C@H](C(F)F)C5)ccc4C3)sc2n1. The predicted octanol–water partition coefficient (Wildman–Crippen LogP) is 4.46. The van der Waals surface area contributed by atoms with Gasteiger partial charge >= 0.3 is 6.09 Å². The number of anilines is 2. The van der Waals surface area contributed by atoms with Crippen LogP contribution in [0.1, 0.15) is 53.8 Å². The molecule has 2 aliphatic rings. The van der Waals surface area contributed by atoms with E-state index in [1.54, 1.807) is 25.7 Å². The Bertz CT molecular complexity index is 1440. The lowest BCUT2D eigenvalue weighted by Crippen LogP contribution is -2.44. The van der Waals surface area contributed by atoms with Crippen molar-refractivity contribution in [1.82, 2.24) is 20.6 Å². The van der Waals surface area contributed by atoms with E-state index in [2.05, 4.69) is 15.6 Å². The van der Waals surface area contributed by atoms with Crippen molar-refractivity contribution >= 4 is 45.1 Å². The first-order chi connectivity index (χ1) is 18.9. The van der Waals surface area contributed by atoms with Crippen LogP contribution in [0.15, 0.2) is 24.3 Å². The average Bonchev–Trinajstić information content (AvgIpc) is 3.43. The van der Waals surface area contributed by atoms with Crippen molar-refractivity contribution in [3.05, 3.63) is 46.1 Å². The maximum absolute atomic E-state index is 13.8. The summed E-state index contributed by atoms with van der Waals surface area (Å²) in [7, 11) is 0. The molecule has 0 aromatic carbocycles. The quantitative estimate of drug-likeness (QED) is 0.413. The van der Waals surface area contributed by atoms with E-state index in [9.17, 15) is 18.4 Å². The fraction of sp³-hybridized carbons (Fsp3) is 0.500. The van der Waals surface area contributed by atoms with Gasteiger partial charge in [-0.15, -0.1) is 11.3 Å². The van der Waals surface area contributed by atoms with Crippen molar-refractivity contribution in [2.24, 2.45) is 5.92 Å². The molecule has 5 rings (SSSR count). The molecule has 12 heteroatoms. The van der Waals surface area contributed by atoms with Crippen LogP contribution in [0.5, 0.6) is 0 Å². The smallest absolute Gasteiger partial charge is 0.407 e. The number of halogens is 2. The molecule has 0 bridgehead atoms. The number of ether oxygens (including phenoxy) is 1. The molecule has 1 saturated heterocycles. The summed E-state index contributed by atoms with van der Waals surface area (Å²) in [6.45, 7) is 7.36. The van der Waals surface area contributed by atoms with E-state index in [1.165, 1.54) is 11.3 Å². The van der Waals surface area contributed by atoms with Crippen LogP contribution < -0.4 is 21.3 Å². The Morgan fingerprint density at radius 2 is 1.93 bits per heavy atom. The van der Waals surface area contributed by atoms with Gasteiger partial charge in [0.25, 0.3) is 5.91 Å². The molecule has 1 aliphatic carbocycles. The summed E-state index contributed by atoms with van der Waals surface area (Å²) in [5.41, 5.74) is 8.75. The number of pyridine rings is 2. The molecular formula is C28H34F2N6O3S. The zero-order valence-electron chi connectivity index (χ0n) is 23.0. The number of carbonyl (C=O) groups excluding carboxylic acids is 2. The first-order valence-corrected chi connectivity index (χ1v) is 14.2. The number of carbonyl (C=O) groups is 2. The first kappa shape index (κ1) is 28.0. The Labute approximate surface area is 235 Å². The number of aryl methyl sites for hydroxylation is 2. The van der Waals surface area contributed by atoms with Crippen molar-refractivity contribution in [3.8, 4) is 0 Å². The number of nitrogen functional groups attached to an aromatic ring is 1. The van der Waals surface area contributed by atoms with Gasteiger partial charge in [-0.3, -0.25) is 4.79 Å². The Morgan fingerprint density at radius 3 is 2.65 bits per heavy atom. The van der Waals surface area contributed by atoms with Crippen LogP contribution >= 0.6 is 11.3 Å². The first-order valence-electron chi connectivity index (χ1n) is 13.4. The largest absolute Gasteiger partial charge is 0.444 e. The lowest BCUT2D eigenvalue weighted by atomic mass is 9.91. The summed E-state index contributed by atoms with van der Waals surface area (Å²) in [6, 6.07) is 6.69. The van der Waals surface area contributed by atoms with Crippen molar-refractivity contribution in [2.45, 2.75) is 71.1 Å². The predicted molar refractivity (Wildman–Crippen MR) is 151 cm³/mol. The van der Waals surface area contributed by atoms with E-state index >= 15 is 0 Å². The minimum atomic E-state index is -2.60. The lowest BCUT2D eigenvalue weighted by Gasteiger charge is -2.26. The number of rotatable bonds is 5. The van der Waals surface area contributed by atoms with Gasteiger partial charge in [-0.2, -0.15) is 0 Å². The summed E-state index contributed by atoms with van der Waals surface area (Å²) in [5, 5.41) is 6.51. The molecule has 2 amide bonds. The lowest BCUT2D eigenvalue weighted by molar-refractivity contribution is 0.0410. The molecule has 4 N–H and O–H groups in total. The zero-order valence-corrected chi connectivity index (χ0v) is 23.8. The van der Waals surface area contributed by atoms with Crippen molar-refractivity contribution < 1.29 is 23.1 Å². The topological polar surface area (TPSA) is 122 Å². The van der Waals surface area contributed by atoms with Gasteiger partial charge in [0.1, 0.15) is 21.1 Å². The standard InChI is InChI=1S/C28H34F2N6O3S/c1-14-5-8-17-22(31)23(40-26(17)32-14)25(37)33-16-7-9-19-15(11-16)6-10-21(34-19)36-12-18(24(29)30)20(13-36)35-27(38)39-28(2,3)4/h5-6,8,10,16,18,20,24H,7,9,11-13,31H2,1-4H3,(H,33,37)(H,35,38)/t16-,18+,20+/m0/s1. The van der Waals surface area contributed by atoms with E-state index in [0.717, 1.165) is 27.2 Å². The Balaban J connectivity index is 1.24. The van der Waals surface area contributed by atoms with E-state index in [1.807, 2.05) is 31.2 Å². The molecule has 0 spiro atoms. The second-order valence-electron chi connectivity index (χ2n) is 11.5. The van der Waals surface area contributed by atoms with Crippen LogP contribution in [0.25, 0.3) is 10.2 Å². The zero-order chi connectivity index (χ0) is 28.8. The van der Waals surface area contributed by atoms with Crippen LogP contribution in [0.2, 0.25) is 0 Å². The number of nitrogens with two attached hydrogens (primary N) is 1. The molecule has 3 aromatic heterocycles. The van der Waals surface area contributed by atoms with Gasteiger partial charge in [-0.05, 0) is 70.7 Å². The maximum Gasteiger partial charge on any atom is 0.407 e. The number of hydrogen-bond donors (Lipinski definition) is 3. The van der Waals surface area contributed by atoms with Gasteiger partial charge in [0.15, 0.2) is 0 Å². The van der Waals surface area contributed by atoms with Gasteiger partial charge in [0.05, 0.1) is 17.6 Å². The molecule has 3 atom stereocenters. The minimum Gasteiger partial charge on any atom is -0.444 e. The van der Waals surface area contributed by atoms with Crippen LogP contribution in [0.4, 0.5) is 25.1 Å². The van der Waals surface area contributed by atoms with Crippen molar-refractivity contribution in [2.75, 3.05) is 23.7 Å². The van der Waals surface area contributed by atoms with Crippen LogP contribution in [-0.4, -0.2) is 59.2 Å². The average molecular weight is 573 g/mol. The summed E-state index contributed by atoms with van der Waals surface area (Å²) in [5.74, 6) is -0.651. The molecule has 0 unspecified atom stereocenters. The minimum absolute atomic E-state index is 0.0770. The van der Waals surface area contributed by atoms with Gasteiger partial charge in [0.2, 0.25) is 6.43 Å². The molecule has 1 aliphatic heterocycles. The molecule has 4 heterocycles. The van der Waals surface area contributed by atoms with Crippen molar-refractivity contribution in [3.63, 3.8) is 0 Å². The molecular weight excluding hydrogens is 538 g/mol. The Kier molecular flexibility index (Phi) is 7.56. The van der Waals surface area contributed by atoms with Gasteiger partial charge in [0, 0.05) is 35.9 Å². The summed E-state index contributed by atoms with van der Waals surface area (Å²) in [4.78, 5) is 37.6. The number of fused-ring (bicyclic) bond motifs is 2. The highest BCUT2D eigenvalue weighted by molar-refractivity contribution is 7.21. The second kappa shape index (κ2) is 10.8. The number of nitrogens with zero attached hydrogens (tertiary/aromatic N) is 3. The fourth-order valence-corrected chi connectivity index (χ4v) is 6.33. The van der Waals surface area contributed by atoms with E-state index < -0.39 is 30.1 Å². The summed E-state index contributed by atoms with van der Waals surface area (Å²) < 4.78 is 32.9. The number of alkyl carbamates (subject to hydrolysis) is 1. The molecule has 1 fully saturated rings. The third-order valence-corrected chi connectivity index (χ3v) is 8.35. The van der Waals surface area contributed by atoms with Gasteiger partial charge < -0.3 is 26.0 Å². The number of aromatic nitrogens is 2. The highest BCUT2D eigenvalue weighted by Gasteiger charge is 2.41. The third-order valence-electron chi connectivity index (χ3n) is 7.24. The van der Waals surface area contributed by atoms with Crippen LogP contribution in [0, 0.1) is 12.8 Å². The number of thiophene rings is 1. The summed E-state index contributed by atoms with van der Waals surface area (Å²) in [6.07, 6.45) is -1.36. The fourth-order valence-electron chi connectivity index (χ4n) is 5.29. The molecule has 0 saturated carbocycles. The Morgan fingerprint density at radius 1 is 1.15 bits per heavy atom. The number of nitrogens with one attached hydrogen (secondary N) is 2. The maximum atomic E-state index is 13.8. The highest BCUT2D eigenvalue weighted by Crippen LogP contribution is 2.33. The summed E-state index contributed by atoms with van der Waals surface area (Å²) >= 11 is 1.29. The second-order valence-corrected chi connectivity index (χ2v) is 12.5. The van der Waals surface area contributed by atoms with Crippen LogP contribution in [0.3, 0.4) is 0 Å². The monoisotopic (exact) mass is 572 g/mol. The molecule has 3 aromatic rings. The van der Waals surface area contributed by atoms with E-state index in [-0.39, 0.29) is 25.0 Å². The third kappa shape index (κ3) is 5.96. The van der Waals surface area contributed by atoms with Crippen LogP contribution in [-0.2, 0) is 17.6 Å². The Hall–Kier alpha value is -3.54. The van der Waals surface area contributed by atoms with Gasteiger partial charge in [-0.1, -0.05) is 6.07 Å². The molecule has 214 valence electrons. The number of amides is 2.